The molecule has 0 aromatic heterocycles. The molecule has 1 fully saturated rings. The molecule has 82 valence electrons. The van der Waals surface area contributed by atoms with Gasteiger partial charge in [-0.2, -0.15) is 0 Å². The summed E-state index contributed by atoms with van der Waals surface area (Å²) in [5, 5.41) is 0. The van der Waals surface area contributed by atoms with Gasteiger partial charge in [-0.25, -0.2) is 0 Å². The standard InChI is InChI=1S/C8H15O5P/c1-3-12-14(10,13-4-2)7-5-8(9)11-6-7/h7H,3-6H2,1-2H3/t7-/m1/s1. The van der Waals surface area contributed by atoms with Crippen molar-refractivity contribution >= 4 is 13.6 Å². The second-order valence-electron chi connectivity index (χ2n) is 2.92. The monoisotopic (exact) mass is 222 g/mol. The van der Waals surface area contributed by atoms with Crippen LogP contribution in [0.1, 0.15) is 20.3 Å². The van der Waals surface area contributed by atoms with Crippen LogP contribution in [0.25, 0.3) is 0 Å². The maximum atomic E-state index is 12.1. The molecule has 1 aliphatic rings. The summed E-state index contributed by atoms with van der Waals surface area (Å²) in [7, 11) is -3.15. The van der Waals surface area contributed by atoms with Crippen LogP contribution in [-0.4, -0.2) is 31.4 Å². The first-order chi connectivity index (χ1) is 6.62. The summed E-state index contributed by atoms with van der Waals surface area (Å²) < 4.78 is 27.0. The van der Waals surface area contributed by atoms with E-state index in [1.165, 1.54) is 0 Å². The SMILES string of the molecule is CCOP(=O)(OCC)[C@H]1COC(=O)C1. The Morgan fingerprint density at radius 1 is 1.43 bits per heavy atom. The normalized spacial score (nSPS) is 22.4. The van der Waals surface area contributed by atoms with Crippen LogP contribution in [0.5, 0.6) is 0 Å². The fourth-order valence-electron chi connectivity index (χ4n) is 1.31. The Labute approximate surface area is 83.3 Å². The summed E-state index contributed by atoms with van der Waals surface area (Å²) in [6.07, 6.45) is 0.122. The molecule has 0 unspecified atom stereocenters. The molecule has 0 amide bonds. The first kappa shape index (κ1) is 11.7. The average Bonchev–Trinajstić information content (AvgIpc) is 2.53. The van der Waals surface area contributed by atoms with Crippen LogP contribution in [-0.2, 0) is 23.1 Å². The Kier molecular flexibility index (Phi) is 4.11. The van der Waals surface area contributed by atoms with Gasteiger partial charge < -0.3 is 13.8 Å². The predicted molar refractivity (Wildman–Crippen MR) is 50.2 cm³/mol. The van der Waals surface area contributed by atoms with E-state index in [4.69, 9.17) is 13.8 Å². The van der Waals surface area contributed by atoms with Gasteiger partial charge in [0.15, 0.2) is 0 Å². The average molecular weight is 222 g/mol. The van der Waals surface area contributed by atoms with Crippen molar-refractivity contribution in [2.45, 2.75) is 25.9 Å². The van der Waals surface area contributed by atoms with E-state index in [2.05, 4.69) is 0 Å². The molecule has 0 aromatic rings. The molecule has 1 saturated heterocycles. The number of hydrogen-bond acceptors (Lipinski definition) is 5. The highest BCUT2D eigenvalue weighted by Crippen LogP contribution is 2.55. The maximum absolute atomic E-state index is 12.1. The van der Waals surface area contributed by atoms with E-state index in [9.17, 15) is 9.36 Å². The summed E-state index contributed by atoms with van der Waals surface area (Å²) in [5.41, 5.74) is -0.435. The fourth-order valence-corrected chi connectivity index (χ4v) is 3.16. The second-order valence-corrected chi connectivity index (χ2v) is 5.24. The Balaban J connectivity index is 2.66. The lowest BCUT2D eigenvalue weighted by Gasteiger charge is -2.20. The smallest absolute Gasteiger partial charge is 0.337 e. The molecule has 1 heterocycles. The maximum Gasteiger partial charge on any atom is 0.337 e. The molecular weight excluding hydrogens is 207 g/mol. The Morgan fingerprint density at radius 3 is 2.36 bits per heavy atom. The Hall–Kier alpha value is -0.380. The van der Waals surface area contributed by atoms with Crippen LogP contribution in [0.15, 0.2) is 0 Å². The summed E-state index contributed by atoms with van der Waals surface area (Å²) in [5.74, 6) is -0.338. The lowest BCUT2D eigenvalue weighted by atomic mass is 10.4. The molecule has 0 radical (unpaired) electrons. The van der Waals surface area contributed by atoms with Gasteiger partial charge in [0.2, 0.25) is 0 Å². The summed E-state index contributed by atoms with van der Waals surface area (Å²) >= 11 is 0. The van der Waals surface area contributed by atoms with Crippen LogP contribution in [0, 0.1) is 0 Å². The third-order valence-electron chi connectivity index (χ3n) is 1.90. The number of esters is 1. The van der Waals surface area contributed by atoms with Gasteiger partial charge in [0, 0.05) is 0 Å². The molecule has 0 N–H and O–H groups in total. The minimum absolute atomic E-state index is 0.122. The number of rotatable bonds is 5. The van der Waals surface area contributed by atoms with E-state index in [1.54, 1.807) is 13.8 Å². The summed E-state index contributed by atoms with van der Waals surface area (Å²) in [6.45, 7) is 4.23. The number of carbonyl (C=O) groups is 1. The third kappa shape index (κ3) is 2.56. The highest BCUT2D eigenvalue weighted by molar-refractivity contribution is 7.54. The van der Waals surface area contributed by atoms with Crippen LogP contribution in [0.3, 0.4) is 0 Å². The van der Waals surface area contributed by atoms with Crippen LogP contribution < -0.4 is 0 Å². The van der Waals surface area contributed by atoms with Crippen molar-refractivity contribution < 1.29 is 23.1 Å². The van der Waals surface area contributed by atoms with Crippen molar-refractivity contribution in [3.63, 3.8) is 0 Å². The van der Waals surface area contributed by atoms with Gasteiger partial charge in [0.05, 0.1) is 19.6 Å². The van der Waals surface area contributed by atoms with Crippen LogP contribution >= 0.6 is 7.60 Å². The zero-order chi connectivity index (χ0) is 10.6. The van der Waals surface area contributed by atoms with E-state index in [0.29, 0.717) is 13.2 Å². The molecular formula is C8H15O5P. The van der Waals surface area contributed by atoms with Gasteiger partial charge in [0.25, 0.3) is 0 Å². The molecule has 6 heteroatoms. The molecule has 0 bridgehead atoms. The minimum atomic E-state index is -3.15. The number of ether oxygens (including phenoxy) is 1. The molecule has 5 nitrogen and oxygen atoms in total. The van der Waals surface area contributed by atoms with Gasteiger partial charge in [-0.3, -0.25) is 9.36 Å². The zero-order valence-corrected chi connectivity index (χ0v) is 9.29. The van der Waals surface area contributed by atoms with Crippen LogP contribution in [0.4, 0.5) is 0 Å². The lowest BCUT2D eigenvalue weighted by molar-refractivity contribution is -0.137. The minimum Gasteiger partial charge on any atom is -0.465 e. The van der Waals surface area contributed by atoms with Gasteiger partial charge in [-0.05, 0) is 13.8 Å². The molecule has 14 heavy (non-hydrogen) atoms. The van der Waals surface area contributed by atoms with E-state index in [1.807, 2.05) is 0 Å². The fraction of sp³-hybridized carbons (Fsp3) is 0.875. The van der Waals surface area contributed by atoms with Crippen molar-refractivity contribution in [3.8, 4) is 0 Å². The second kappa shape index (κ2) is 4.91. The van der Waals surface area contributed by atoms with E-state index in [-0.39, 0.29) is 19.0 Å². The number of carbonyl (C=O) groups excluding carboxylic acids is 1. The van der Waals surface area contributed by atoms with Gasteiger partial charge in [0.1, 0.15) is 12.3 Å². The zero-order valence-electron chi connectivity index (χ0n) is 8.39. The van der Waals surface area contributed by atoms with Crippen molar-refractivity contribution in [2.75, 3.05) is 19.8 Å². The number of cyclic esters (lactones) is 1. The van der Waals surface area contributed by atoms with Crippen molar-refractivity contribution in [1.82, 2.24) is 0 Å². The van der Waals surface area contributed by atoms with E-state index < -0.39 is 13.3 Å². The van der Waals surface area contributed by atoms with Gasteiger partial charge in [-0.15, -0.1) is 0 Å². The molecule has 0 aromatic carbocycles. The van der Waals surface area contributed by atoms with Crippen molar-refractivity contribution in [3.05, 3.63) is 0 Å². The van der Waals surface area contributed by atoms with Gasteiger partial charge >= 0.3 is 13.6 Å². The predicted octanol–water partition coefficient (Wildman–Crippen LogP) is 1.57. The highest BCUT2D eigenvalue weighted by atomic mass is 31.2. The van der Waals surface area contributed by atoms with E-state index >= 15 is 0 Å². The molecule has 0 saturated carbocycles. The summed E-state index contributed by atoms with van der Waals surface area (Å²) in [6, 6.07) is 0. The van der Waals surface area contributed by atoms with E-state index in [0.717, 1.165) is 0 Å². The first-order valence-electron chi connectivity index (χ1n) is 4.66. The summed E-state index contributed by atoms with van der Waals surface area (Å²) in [4.78, 5) is 10.9. The molecule has 0 spiro atoms. The quantitative estimate of drug-likeness (QED) is 0.522. The van der Waals surface area contributed by atoms with Crippen LogP contribution in [0.2, 0.25) is 0 Å². The van der Waals surface area contributed by atoms with Gasteiger partial charge in [-0.1, -0.05) is 0 Å². The lowest BCUT2D eigenvalue weighted by Crippen LogP contribution is -2.13. The Bertz CT molecular complexity index is 242. The molecule has 0 aliphatic carbocycles. The molecule has 1 aliphatic heterocycles. The topological polar surface area (TPSA) is 61.8 Å². The first-order valence-corrected chi connectivity index (χ1v) is 6.28. The van der Waals surface area contributed by atoms with Crippen molar-refractivity contribution in [2.24, 2.45) is 0 Å². The highest BCUT2D eigenvalue weighted by Gasteiger charge is 2.41. The molecule has 1 atom stereocenters. The van der Waals surface area contributed by atoms with Crippen molar-refractivity contribution in [1.29, 1.82) is 0 Å². The largest absolute Gasteiger partial charge is 0.465 e. The molecule has 1 rings (SSSR count). The number of hydrogen-bond donors (Lipinski definition) is 0. The Morgan fingerprint density at radius 2 is 2.00 bits per heavy atom. The third-order valence-corrected chi connectivity index (χ3v) is 4.37.